The molecule has 2 aromatic carbocycles. The molecule has 0 amide bonds. The van der Waals surface area contributed by atoms with Crippen LogP contribution in [0.2, 0.25) is 0 Å². The standard InChI is InChI=1S/C17H15FN2O3/c1-21-13-7-8-14(15(9-13)22-2)17-16(10-19-20-17)23-12-5-3-11(18)4-6-12/h3-10H,1-2H3,(H,19,20). The van der Waals surface area contributed by atoms with Crippen LogP contribution in [0.25, 0.3) is 11.3 Å². The van der Waals surface area contributed by atoms with Gasteiger partial charge in [-0.15, -0.1) is 0 Å². The van der Waals surface area contributed by atoms with Gasteiger partial charge in [0.2, 0.25) is 0 Å². The van der Waals surface area contributed by atoms with Crippen LogP contribution in [0.1, 0.15) is 0 Å². The van der Waals surface area contributed by atoms with Gasteiger partial charge in [-0.05, 0) is 36.4 Å². The average Bonchev–Trinajstić information content (AvgIpc) is 3.04. The predicted molar refractivity (Wildman–Crippen MR) is 83.6 cm³/mol. The molecular weight excluding hydrogens is 299 g/mol. The third kappa shape index (κ3) is 3.11. The zero-order valence-electron chi connectivity index (χ0n) is 12.7. The first-order valence-electron chi connectivity index (χ1n) is 6.91. The zero-order valence-corrected chi connectivity index (χ0v) is 12.7. The van der Waals surface area contributed by atoms with Gasteiger partial charge in [0.1, 0.15) is 28.8 Å². The number of aromatic amines is 1. The van der Waals surface area contributed by atoms with Gasteiger partial charge in [0.05, 0.1) is 20.4 Å². The summed E-state index contributed by atoms with van der Waals surface area (Å²) in [6, 6.07) is 11.2. The summed E-state index contributed by atoms with van der Waals surface area (Å²) >= 11 is 0. The van der Waals surface area contributed by atoms with Crippen molar-refractivity contribution in [2.75, 3.05) is 14.2 Å². The van der Waals surface area contributed by atoms with Crippen LogP contribution in [0.5, 0.6) is 23.0 Å². The van der Waals surface area contributed by atoms with Gasteiger partial charge in [-0.3, -0.25) is 5.10 Å². The third-order valence-electron chi connectivity index (χ3n) is 3.31. The molecule has 0 bridgehead atoms. The van der Waals surface area contributed by atoms with Crippen molar-refractivity contribution in [3.05, 3.63) is 54.5 Å². The van der Waals surface area contributed by atoms with Gasteiger partial charge >= 0.3 is 0 Å². The van der Waals surface area contributed by atoms with Gasteiger partial charge < -0.3 is 14.2 Å². The van der Waals surface area contributed by atoms with E-state index in [-0.39, 0.29) is 5.82 Å². The quantitative estimate of drug-likeness (QED) is 0.772. The van der Waals surface area contributed by atoms with E-state index in [9.17, 15) is 4.39 Å². The van der Waals surface area contributed by atoms with Gasteiger partial charge in [-0.2, -0.15) is 5.10 Å². The van der Waals surface area contributed by atoms with E-state index in [0.29, 0.717) is 28.7 Å². The van der Waals surface area contributed by atoms with E-state index in [4.69, 9.17) is 14.2 Å². The summed E-state index contributed by atoms with van der Waals surface area (Å²) in [5.41, 5.74) is 1.35. The molecule has 1 heterocycles. The summed E-state index contributed by atoms with van der Waals surface area (Å²) in [6.07, 6.45) is 1.63. The van der Waals surface area contributed by atoms with Crippen LogP contribution in [-0.4, -0.2) is 24.4 Å². The maximum atomic E-state index is 13.0. The molecule has 0 saturated carbocycles. The van der Waals surface area contributed by atoms with Crippen LogP contribution < -0.4 is 14.2 Å². The fourth-order valence-electron chi connectivity index (χ4n) is 2.17. The van der Waals surface area contributed by atoms with Crippen LogP contribution in [0.4, 0.5) is 4.39 Å². The molecule has 118 valence electrons. The first-order valence-corrected chi connectivity index (χ1v) is 6.91. The normalized spacial score (nSPS) is 10.4. The number of benzene rings is 2. The molecule has 1 N–H and O–H groups in total. The van der Waals surface area contributed by atoms with Crippen molar-refractivity contribution in [1.82, 2.24) is 10.2 Å². The van der Waals surface area contributed by atoms with Crippen molar-refractivity contribution in [2.45, 2.75) is 0 Å². The molecule has 0 aliphatic rings. The van der Waals surface area contributed by atoms with Crippen molar-refractivity contribution >= 4 is 0 Å². The zero-order chi connectivity index (χ0) is 16.2. The molecule has 0 unspecified atom stereocenters. The van der Waals surface area contributed by atoms with Crippen molar-refractivity contribution < 1.29 is 18.6 Å². The van der Waals surface area contributed by atoms with Gasteiger partial charge in [-0.25, -0.2) is 4.39 Å². The Balaban J connectivity index is 1.96. The number of nitrogens with zero attached hydrogens (tertiary/aromatic N) is 1. The van der Waals surface area contributed by atoms with Gasteiger partial charge in [0, 0.05) is 11.6 Å². The Morgan fingerprint density at radius 1 is 0.913 bits per heavy atom. The maximum Gasteiger partial charge on any atom is 0.173 e. The Bertz CT molecular complexity index is 800. The molecule has 0 aliphatic carbocycles. The Kier molecular flexibility index (Phi) is 4.14. The largest absolute Gasteiger partial charge is 0.497 e. The molecule has 23 heavy (non-hydrogen) atoms. The van der Waals surface area contributed by atoms with Crippen LogP contribution in [0.3, 0.4) is 0 Å². The number of hydrogen-bond acceptors (Lipinski definition) is 4. The lowest BCUT2D eigenvalue weighted by molar-refractivity contribution is 0.395. The van der Waals surface area contributed by atoms with Crippen LogP contribution in [0, 0.1) is 5.82 Å². The molecule has 0 radical (unpaired) electrons. The SMILES string of the molecule is COc1ccc(-c2n[nH]cc2Oc2ccc(F)cc2)c(OC)c1. The highest BCUT2D eigenvalue weighted by Crippen LogP contribution is 2.38. The van der Waals surface area contributed by atoms with E-state index in [1.165, 1.54) is 12.1 Å². The molecule has 6 heteroatoms. The molecule has 0 aliphatic heterocycles. The molecule has 3 rings (SSSR count). The Morgan fingerprint density at radius 2 is 1.65 bits per heavy atom. The lowest BCUT2D eigenvalue weighted by Crippen LogP contribution is -1.92. The van der Waals surface area contributed by atoms with E-state index >= 15 is 0 Å². The minimum Gasteiger partial charge on any atom is -0.497 e. The first-order chi connectivity index (χ1) is 11.2. The summed E-state index contributed by atoms with van der Waals surface area (Å²) < 4.78 is 29.3. The van der Waals surface area contributed by atoms with Crippen molar-refractivity contribution in [1.29, 1.82) is 0 Å². The number of nitrogens with one attached hydrogen (secondary N) is 1. The number of ether oxygens (including phenoxy) is 3. The summed E-state index contributed by atoms with van der Waals surface area (Å²) in [5.74, 6) is 2.01. The monoisotopic (exact) mass is 314 g/mol. The van der Waals surface area contributed by atoms with Crippen molar-refractivity contribution in [3.8, 4) is 34.3 Å². The summed E-state index contributed by atoms with van der Waals surface area (Å²) in [7, 11) is 3.16. The highest BCUT2D eigenvalue weighted by Gasteiger charge is 2.16. The fraction of sp³-hybridized carbons (Fsp3) is 0.118. The van der Waals surface area contributed by atoms with E-state index in [1.54, 1.807) is 38.6 Å². The molecule has 0 saturated heterocycles. The molecule has 5 nitrogen and oxygen atoms in total. The molecule has 0 fully saturated rings. The second-order valence-electron chi connectivity index (χ2n) is 4.72. The molecule has 1 aromatic heterocycles. The van der Waals surface area contributed by atoms with Crippen LogP contribution in [0.15, 0.2) is 48.7 Å². The third-order valence-corrected chi connectivity index (χ3v) is 3.31. The van der Waals surface area contributed by atoms with Gasteiger partial charge in [-0.1, -0.05) is 0 Å². The maximum absolute atomic E-state index is 13.0. The summed E-state index contributed by atoms with van der Waals surface area (Å²) in [4.78, 5) is 0. The van der Waals surface area contributed by atoms with E-state index in [1.807, 2.05) is 12.1 Å². The number of aromatic nitrogens is 2. The van der Waals surface area contributed by atoms with Crippen LogP contribution in [-0.2, 0) is 0 Å². The number of halogens is 1. The van der Waals surface area contributed by atoms with Gasteiger partial charge in [0.25, 0.3) is 0 Å². The smallest absolute Gasteiger partial charge is 0.173 e. The lowest BCUT2D eigenvalue weighted by Gasteiger charge is -2.10. The molecule has 0 atom stereocenters. The van der Waals surface area contributed by atoms with Crippen LogP contribution >= 0.6 is 0 Å². The topological polar surface area (TPSA) is 56.4 Å². The number of H-pyrrole nitrogens is 1. The molecular formula is C17H15FN2O3. The number of rotatable bonds is 5. The minimum atomic E-state index is -0.318. The number of methoxy groups -OCH3 is 2. The fourth-order valence-corrected chi connectivity index (χ4v) is 2.17. The second kappa shape index (κ2) is 6.39. The number of hydrogen-bond donors (Lipinski definition) is 1. The predicted octanol–water partition coefficient (Wildman–Crippen LogP) is 4.03. The average molecular weight is 314 g/mol. The van der Waals surface area contributed by atoms with E-state index in [2.05, 4.69) is 10.2 Å². The Labute approximate surface area is 132 Å². The molecule has 3 aromatic rings. The van der Waals surface area contributed by atoms with Crippen molar-refractivity contribution in [3.63, 3.8) is 0 Å². The first kappa shape index (κ1) is 14.9. The van der Waals surface area contributed by atoms with Crippen molar-refractivity contribution in [2.24, 2.45) is 0 Å². The minimum absolute atomic E-state index is 0.318. The second-order valence-corrected chi connectivity index (χ2v) is 4.72. The lowest BCUT2D eigenvalue weighted by atomic mass is 10.1. The highest BCUT2D eigenvalue weighted by atomic mass is 19.1. The Hall–Kier alpha value is -3.02. The van der Waals surface area contributed by atoms with E-state index in [0.717, 1.165) is 5.56 Å². The van der Waals surface area contributed by atoms with E-state index < -0.39 is 0 Å². The molecule has 0 spiro atoms. The Morgan fingerprint density at radius 3 is 2.35 bits per heavy atom. The highest BCUT2D eigenvalue weighted by molar-refractivity contribution is 5.73. The van der Waals surface area contributed by atoms with Gasteiger partial charge in [0.15, 0.2) is 5.75 Å². The summed E-state index contributed by atoms with van der Waals surface area (Å²) in [5, 5.41) is 6.99. The summed E-state index contributed by atoms with van der Waals surface area (Å²) in [6.45, 7) is 0.